The number of benzene rings is 5. The maximum atomic E-state index is 13.0. The Morgan fingerprint density at radius 3 is 1.61 bits per heavy atom. The van der Waals surface area contributed by atoms with Gasteiger partial charge in [0, 0.05) is 66.1 Å². The molecule has 14 N–H and O–H groups in total. The number of carbonyl (C=O) groups is 3. The normalized spacial score (nSPS) is 12.9. The van der Waals surface area contributed by atoms with Gasteiger partial charge in [0.25, 0.3) is 0 Å². The number of carbonyl (C=O) groups excluding carboxylic acids is 3. The average Bonchev–Trinajstić information content (AvgIpc) is 4.10. The van der Waals surface area contributed by atoms with Crippen molar-refractivity contribution in [2.75, 3.05) is 47.4 Å². The van der Waals surface area contributed by atoms with Crippen LogP contribution in [-0.2, 0) is 17.6 Å². The molecule has 0 atom stereocenters. The molecule has 19 nitrogen and oxygen atoms in total. The first-order chi connectivity index (χ1) is 33.7. The number of hydrogen-bond donors (Lipinski definition) is 10. The van der Waals surface area contributed by atoms with Gasteiger partial charge in [-0.2, -0.15) is 10.2 Å². The summed E-state index contributed by atoms with van der Waals surface area (Å²) in [5, 5.41) is 34.1. The summed E-state index contributed by atoms with van der Waals surface area (Å²) in [7, 11) is 0. The number of thiocarbonyl (C=S) groups is 1. The minimum absolute atomic E-state index is 0.0312. The number of amidine groups is 2. The van der Waals surface area contributed by atoms with Crippen LogP contribution >= 0.6 is 12.2 Å². The molecular weight excluding hydrogens is 905 g/mol. The molecule has 0 bridgehead atoms. The van der Waals surface area contributed by atoms with Crippen molar-refractivity contribution < 1.29 is 14.4 Å². The van der Waals surface area contributed by atoms with Gasteiger partial charge in [0.15, 0.2) is 10.9 Å². The topological polar surface area (TPSA) is 302 Å². The summed E-state index contributed by atoms with van der Waals surface area (Å²) in [6.45, 7) is 8.47. The second-order valence-corrected chi connectivity index (χ2v) is 16.3. The third-order valence-corrected chi connectivity index (χ3v) is 10.6. The molecule has 0 radical (unpaired) electrons. The Bertz CT molecular complexity index is 2850. The summed E-state index contributed by atoms with van der Waals surface area (Å²) in [5.74, 6) is 1.39. The van der Waals surface area contributed by atoms with E-state index in [1.54, 1.807) is 45.0 Å². The highest BCUT2D eigenvalue weighted by atomic mass is 32.1. The predicted molar refractivity (Wildman–Crippen MR) is 287 cm³/mol. The molecule has 360 valence electrons. The smallest absolute Gasteiger partial charge is 0.323 e. The van der Waals surface area contributed by atoms with Crippen molar-refractivity contribution in [3.05, 3.63) is 154 Å². The fourth-order valence-electron chi connectivity index (χ4n) is 7.11. The molecule has 0 fully saturated rings. The number of anilines is 4. The fraction of sp³-hybridized carbons (Fsp3) is 0.200. The van der Waals surface area contributed by atoms with Gasteiger partial charge in [-0.15, -0.1) is 10.2 Å². The molecule has 5 aromatic carbocycles. The molecule has 2 amide bonds. The predicted octanol–water partition coefficient (Wildman–Crippen LogP) is 5.47. The maximum absolute atomic E-state index is 13.0. The summed E-state index contributed by atoms with van der Waals surface area (Å²) >= 11 is 5.41. The van der Waals surface area contributed by atoms with Crippen molar-refractivity contribution in [2.45, 2.75) is 40.0 Å². The number of nitrogens with two attached hydrogens (primary N) is 4. The fourth-order valence-corrected chi connectivity index (χ4v) is 7.35. The number of amides is 2. The third-order valence-electron chi connectivity index (χ3n) is 10.4. The zero-order valence-corrected chi connectivity index (χ0v) is 39.9. The van der Waals surface area contributed by atoms with Crippen LogP contribution < -0.4 is 54.8 Å². The van der Waals surface area contributed by atoms with Crippen LogP contribution in [0.15, 0.2) is 146 Å². The number of ketones is 2. The summed E-state index contributed by atoms with van der Waals surface area (Å²) in [5.41, 5.74) is 30.7. The van der Waals surface area contributed by atoms with Crippen molar-refractivity contribution in [3.63, 3.8) is 0 Å². The number of guanidine groups is 2. The van der Waals surface area contributed by atoms with Crippen LogP contribution in [0, 0.1) is 0 Å². The molecule has 2 heterocycles. The number of nitrogens with zero attached hydrogens (tertiary/aromatic N) is 6. The monoisotopic (exact) mass is 960 g/mol. The van der Waals surface area contributed by atoms with Gasteiger partial charge in [0.05, 0.1) is 30.2 Å². The van der Waals surface area contributed by atoms with Crippen LogP contribution in [0.3, 0.4) is 0 Å². The second-order valence-electron chi connectivity index (χ2n) is 15.9. The van der Waals surface area contributed by atoms with Gasteiger partial charge >= 0.3 is 6.03 Å². The Morgan fingerprint density at radius 2 is 1.10 bits per heavy atom. The zero-order chi connectivity index (χ0) is 50.0. The third kappa shape index (κ3) is 15.4. The van der Waals surface area contributed by atoms with E-state index in [1.807, 2.05) is 91.0 Å². The van der Waals surface area contributed by atoms with Crippen LogP contribution in [0.1, 0.15) is 70.9 Å². The molecule has 70 heavy (non-hydrogen) atoms. The average molecular weight is 961 g/mol. The molecule has 0 spiro atoms. The van der Waals surface area contributed by atoms with E-state index < -0.39 is 6.03 Å². The quantitative estimate of drug-likeness (QED) is 0.0194. The molecule has 0 unspecified atom stereocenters. The van der Waals surface area contributed by atoms with Crippen LogP contribution in [0.2, 0.25) is 0 Å². The standard InChI is InChI=1S/C31H32N6O3.C19H24N10S/c1-2-28(39)26-10-9-21(17-25(38)16-20-5-3-6-22(15-20)29-32-11-12-33-29)18-27(26)37-31(40)36-24-8-4-7-23(19-24)30-34-13-14-35-30;1-11(26-28-17(20)21)13-5-3-7-15(9-13)24-19(30)25-16-8-4-6-14(10-16)12(2)27-29-18(22)23/h3-10,15,18-19H,2,11-14,16-17H2,1H3,(H,32,33)(H,34,35)(H2,36,37,40);3-10H,1-2H3,(H4,20,21,28)(H4,22,23,29)(H2,24,25,30)/b;26-11+,27-12+. The van der Waals surface area contributed by atoms with Crippen molar-refractivity contribution in [3.8, 4) is 0 Å². The summed E-state index contributed by atoms with van der Waals surface area (Å²) in [4.78, 5) is 47.4. The number of rotatable bonds is 16. The second kappa shape index (κ2) is 24.8. The Labute approximate surface area is 411 Å². The summed E-state index contributed by atoms with van der Waals surface area (Å²) in [6.07, 6.45) is 0.746. The maximum Gasteiger partial charge on any atom is 0.323 e. The largest absolute Gasteiger partial charge is 0.369 e. The Morgan fingerprint density at radius 1 is 0.600 bits per heavy atom. The zero-order valence-electron chi connectivity index (χ0n) is 39.0. The van der Waals surface area contributed by atoms with Gasteiger partial charge in [0.2, 0.25) is 11.9 Å². The van der Waals surface area contributed by atoms with Gasteiger partial charge in [-0.1, -0.05) is 67.6 Å². The summed E-state index contributed by atoms with van der Waals surface area (Å²) in [6, 6.07) is 35.0. The van der Waals surface area contributed by atoms with Crippen molar-refractivity contribution in [1.29, 1.82) is 0 Å². The molecule has 0 saturated carbocycles. The van der Waals surface area contributed by atoms with E-state index in [1.165, 1.54) is 0 Å². The highest BCUT2D eigenvalue weighted by Gasteiger charge is 2.17. The highest BCUT2D eigenvalue weighted by molar-refractivity contribution is 7.80. The molecule has 2 aliphatic rings. The first-order valence-electron chi connectivity index (χ1n) is 22.3. The van der Waals surface area contributed by atoms with E-state index in [0.717, 1.165) is 82.6 Å². The lowest BCUT2D eigenvalue weighted by molar-refractivity contribution is -0.117. The Hall–Kier alpha value is -8.78. The molecule has 7 rings (SSSR count). The highest BCUT2D eigenvalue weighted by Crippen LogP contribution is 2.23. The van der Waals surface area contributed by atoms with Crippen LogP contribution in [0.25, 0.3) is 0 Å². The lowest BCUT2D eigenvalue weighted by Gasteiger charge is -2.14. The minimum Gasteiger partial charge on any atom is -0.369 e. The van der Waals surface area contributed by atoms with Gasteiger partial charge in [0.1, 0.15) is 17.5 Å². The van der Waals surface area contributed by atoms with Crippen LogP contribution in [-0.4, -0.2) is 83.9 Å². The van der Waals surface area contributed by atoms with E-state index in [-0.39, 0.29) is 36.3 Å². The number of hydrogen-bond acceptors (Lipinski definition) is 12. The van der Waals surface area contributed by atoms with Gasteiger partial charge in [-0.25, -0.2) is 4.79 Å². The number of urea groups is 1. The molecule has 0 saturated heterocycles. The lowest BCUT2D eigenvalue weighted by atomic mass is 9.98. The lowest BCUT2D eigenvalue weighted by Crippen LogP contribution is -2.22. The van der Waals surface area contributed by atoms with Crippen LogP contribution in [0.4, 0.5) is 27.5 Å². The summed E-state index contributed by atoms with van der Waals surface area (Å²) < 4.78 is 0. The minimum atomic E-state index is -0.479. The molecular formula is C50H56N16O3S. The van der Waals surface area contributed by atoms with Crippen molar-refractivity contribution in [2.24, 2.45) is 53.3 Å². The Balaban J connectivity index is 0.000000240. The number of aliphatic imine (C=N–C) groups is 2. The first kappa shape index (κ1) is 50.6. The molecule has 20 heteroatoms. The molecule has 5 aromatic rings. The van der Waals surface area contributed by atoms with Gasteiger partial charge in [-0.05, 0) is 103 Å². The SMILES string of the molecule is C/C(=N\N=C(N)N)c1cccc(NC(=S)Nc2cccc(/C(C)=N/N=C(N)N)c2)c1.CCC(=O)c1ccc(CC(=O)Cc2cccc(C3=NCCN3)c2)cc1NC(=O)Nc1cccc(C2=NCCN2)c1. The van der Waals surface area contributed by atoms with Crippen LogP contribution in [0.5, 0.6) is 0 Å². The molecule has 0 aromatic heterocycles. The first-order valence-corrected chi connectivity index (χ1v) is 22.7. The van der Waals surface area contributed by atoms with Crippen molar-refractivity contribution >= 4 is 92.7 Å². The van der Waals surface area contributed by atoms with E-state index in [2.05, 4.69) is 62.3 Å². The molecule has 2 aliphatic heterocycles. The van der Waals surface area contributed by atoms with E-state index in [9.17, 15) is 14.4 Å². The number of Topliss-reactive ketones (excluding diaryl/α,β-unsaturated/α-hetero) is 2. The van der Waals surface area contributed by atoms with E-state index in [4.69, 9.17) is 35.2 Å². The Kier molecular flexibility index (Phi) is 18.0. The van der Waals surface area contributed by atoms with E-state index >= 15 is 0 Å². The van der Waals surface area contributed by atoms with Gasteiger partial charge < -0.3 is 54.8 Å². The van der Waals surface area contributed by atoms with Gasteiger partial charge in [-0.3, -0.25) is 19.6 Å². The van der Waals surface area contributed by atoms with E-state index in [0.29, 0.717) is 39.9 Å². The molecule has 0 aliphatic carbocycles. The number of nitrogens with one attached hydrogen (secondary N) is 6. The van der Waals surface area contributed by atoms with Crippen molar-refractivity contribution in [1.82, 2.24) is 10.6 Å².